The predicted molar refractivity (Wildman–Crippen MR) is 122 cm³/mol. The van der Waals surface area contributed by atoms with Crippen molar-refractivity contribution in [3.8, 4) is 0 Å². The first-order chi connectivity index (χ1) is 15.4. The number of sulfonamides is 1. The standard InChI is InChI=1S/C23H27N3O4S2/c27-22(24-19-7-8-19)18-6-3-11-25(14-18)23(28)21-20(10-13-31-21)32(29,30)26-12-9-16-4-1-2-5-17(16)15-26/h1-2,4-5,10,13,18-19H,3,6-9,11-12,14-15H2,(H,24,27). The Labute approximate surface area is 192 Å². The molecule has 2 amide bonds. The van der Waals surface area contributed by atoms with Gasteiger partial charge in [0.05, 0.1) is 5.92 Å². The second-order valence-electron chi connectivity index (χ2n) is 8.84. The van der Waals surface area contributed by atoms with Gasteiger partial charge in [-0.1, -0.05) is 24.3 Å². The first-order valence-electron chi connectivity index (χ1n) is 11.2. The van der Waals surface area contributed by atoms with Crippen molar-refractivity contribution in [2.24, 2.45) is 5.92 Å². The van der Waals surface area contributed by atoms with Crippen LogP contribution < -0.4 is 5.32 Å². The number of carbonyl (C=O) groups excluding carboxylic acids is 2. The van der Waals surface area contributed by atoms with Gasteiger partial charge in [0, 0.05) is 32.2 Å². The van der Waals surface area contributed by atoms with E-state index in [0.717, 1.165) is 42.6 Å². The Morgan fingerprint density at radius 3 is 2.59 bits per heavy atom. The van der Waals surface area contributed by atoms with E-state index in [2.05, 4.69) is 5.32 Å². The minimum absolute atomic E-state index is 0.0102. The van der Waals surface area contributed by atoms with E-state index in [1.807, 2.05) is 24.3 Å². The SMILES string of the molecule is O=C(NC1CC1)C1CCCN(C(=O)c2sccc2S(=O)(=O)N2CCc3ccccc3C2)C1. The number of hydrogen-bond donors (Lipinski definition) is 1. The molecule has 9 heteroatoms. The quantitative estimate of drug-likeness (QED) is 0.723. The van der Waals surface area contributed by atoms with Crippen LogP contribution in [0.1, 0.15) is 46.5 Å². The third kappa shape index (κ3) is 4.21. The average Bonchev–Trinajstić information content (AvgIpc) is 3.48. The summed E-state index contributed by atoms with van der Waals surface area (Å²) >= 11 is 1.16. The molecule has 1 aromatic carbocycles. The first kappa shape index (κ1) is 21.6. The Morgan fingerprint density at radius 2 is 1.81 bits per heavy atom. The molecular weight excluding hydrogens is 446 g/mol. The van der Waals surface area contributed by atoms with Crippen LogP contribution in [0.4, 0.5) is 0 Å². The summed E-state index contributed by atoms with van der Waals surface area (Å²) in [5.74, 6) is -0.511. The monoisotopic (exact) mass is 473 g/mol. The molecule has 2 aliphatic heterocycles. The van der Waals surface area contributed by atoms with E-state index in [-0.39, 0.29) is 33.5 Å². The molecule has 1 aliphatic carbocycles. The molecule has 1 atom stereocenters. The number of fused-ring (bicyclic) bond motifs is 1. The fourth-order valence-electron chi connectivity index (χ4n) is 4.54. The third-order valence-electron chi connectivity index (χ3n) is 6.54. The van der Waals surface area contributed by atoms with Crippen molar-refractivity contribution in [1.82, 2.24) is 14.5 Å². The summed E-state index contributed by atoms with van der Waals surface area (Å²) in [7, 11) is -3.80. The maximum Gasteiger partial charge on any atom is 0.265 e. The maximum atomic E-state index is 13.5. The summed E-state index contributed by atoms with van der Waals surface area (Å²) in [6.07, 6.45) is 4.21. The highest BCUT2D eigenvalue weighted by molar-refractivity contribution is 7.89. The molecule has 1 aromatic heterocycles. The van der Waals surface area contributed by atoms with Gasteiger partial charge in [-0.3, -0.25) is 9.59 Å². The molecule has 3 aliphatic rings. The lowest BCUT2D eigenvalue weighted by Crippen LogP contribution is -2.46. The van der Waals surface area contributed by atoms with Crippen molar-refractivity contribution in [3.05, 3.63) is 51.7 Å². The van der Waals surface area contributed by atoms with Gasteiger partial charge in [-0.25, -0.2) is 8.42 Å². The number of rotatable bonds is 5. The van der Waals surface area contributed by atoms with E-state index in [9.17, 15) is 18.0 Å². The van der Waals surface area contributed by atoms with Crippen molar-refractivity contribution in [1.29, 1.82) is 0 Å². The van der Waals surface area contributed by atoms with Crippen LogP contribution in [0, 0.1) is 5.92 Å². The number of nitrogens with zero attached hydrogens (tertiary/aromatic N) is 2. The second-order valence-corrected chi connectivity index (χ2v) is 11.7. The maximum absolute atomic E-state index is 13.5. The number of likely N-dealkylation sites (tertiary alicyclic amines) is 1. The number of piperidine rings is 1. The molecule has 0 bridgehead atoms. The Balaban J connectivity index is 1.33. The van der Waals surface area contributed by atoms with Crippen molar-refractivity contribution in [3.63, 3.8) is 0 Å². The lowest BCUT2D eigenvalue weighted by molar-refractivity contribution is -0.126. The van der Waals surface area contributed by atoms with Crippen LogP contribution in [0.2, 0.25) is 0 Å². The Hall–Kier alpha value is -2.23. The molecule has 7 nitrogen and oxygen atoms in total. The molecule has 170 valence electrons. The summed E-state index contributed by atoms with van der Waals surface area (Å²) in [6.45, 7) is 1.59. The molecule has 1 N–H and O–H groups in total. The summed E-state index contributed by atoms with van der Waals surface area (Å²) in [6, 6.07) is 9.70. The highest BCUT2D eigenvalue weighted by atomic mass is 32.2. The molecule has 3 heterocycles. The molecule has 1 unspecified atom stereocenters. The number of carbonyl (C=O) groups is 2. The molecule has 5 rings (SSSR count). The van der Waals surface area contributed by atoms with E-state index >= 15 is 0 Å². The smallest absolute Gasteiger partial charge is 0.265 e. The molecular formula is C23H27N3O4S2. The van der Waals surface area contributed by atoms with Crippen LogP contribution in [-0.2, 0) is 27.8 Å². The van der Waals surface area contributed by atoms with E-state index in [1.54, 1.807) is 10.3 Å². The molecule has 0 spiro atoms. The lowest BCUT2D eigenvalue weighted by Gasteiger charge is -2.32. The molecule has 1 saturated carbocycles. The van der Waals surface area contributed by atoms with Crippen molar-refractivity contribution >= 4 is 33.2 Å². The zero-order chi connectivity index (χ0) is 22.3. The fraction of sp³-hybridized carbons (Fsp3) is 0.478. The van der Waals surface area contributed by atoms with Gasteiger partial charge < -0.3 is 10.2 Å². The van der Waals surface area contributed by atoms with Crippen LogP contribution in [-0.4, -0.2) is 55.1 Å². The van der Waals surface area contributed by atoms with Crippen molar-refractivity contribution in [2.45, 2.75) is 49.6 Å². The molecule has 32 heavy (non-hydrogen) atoms. The number of thiophene rings is 1. The first-order valence-corrected chi connectivity index (χ1v) is 13.5. The van der Waals surface area contributed by atoms with Crippen LogP contribution in [0.25, 0.3) is 0 Å². The van der Waals surface area contributed by atoms with Gasteiger partial charge in [-0.2, -0.15) is 4.31 Å². The van der Waals surface area contributed by atoms with Gasteiger partial charge in [0.25, 0.3) is 5.91 Å². The Kier molecular flexibility index (Phi) is 5.81. The van der Waals surface area contributed by atoms with Crippen molar-refractivity contribution < 1.29 is 18.0 Å². The van der Waals surface area contributed by atoms with Gasteiger partial charge in [0.1, 0.15) is 9.77 Å². The Bertz CT molecular complexity index is 1140. The molecule has 0 radical (unpaired) electrons. The largest absolute Gasteiger partial charge is 0.353 e. The summed E-state index contributed by atoms with van der Waals surface area (Å²) < 4.78 is 28.4. The van der Waals surface area contributed by atoms with Crippen LogP contribution in [0.15, 0.2) is 40.6 Å². The topological polar surface area (TPSA) is 86.8 Å². The Morgan fingerprint density at radius 1 is 1.03 bits per heavy atom. The molecule has 2 aromatic rings. The van der Waals surface area contributed by atoms with Gasteiger partial charge in [-0.05, 0) is 54.7 Å². The lowest BCUT2D eigenvalue weighted by atomic mass is 9.97. The normalized spacial score (nSPS) is 21.8. The van der Waals surface area contributed by atoms with Gasteiger partial charge in [-0.15, -0.1) is 11.3 Å². The molecule has 1 saturated heterocycles. The van der Waals surface area contributed by atoms with Crippen LogP contribution >= 0.6 is 11.3 Å². The highest BCUT2D eigenvalue weighted by Gasteiger charge is 2.36. The van der Waals surface area contributed by atoms with E-state index in [0.29, 0.717) is 32.6 Å². The van der Waals surface area contributed by atoms with Crippen LogP contribution in [0.5, 0.6) is 0 Å². The zero-order valence-electron chi connectivity index (χ0n) is 17.8. The highest BCUT2D eigenvalue weighted by Crippen LogP contribution is 2.31. The molecule has 2 fully saturated rings. The number of nitrogens with one attached hydrogen (secondary N) is 1. The summed E-state index contributed by atoms with van der Waals surface area (Å²) in [5, 5.41) is 4.69. The van der Waals surface area contributed by atoms with E-state index in [1.165, 1.54) is 15.9 Å². The summed E-state index contributed by atoms with van der Waals surface area (Å²) in [5.41, 5.74) is 2.18. The van der Waals surface area contributed by atoms with Crippen molar-refractivity contribution in [2.75, 3.05) is 19.6 Å². The van der Waals surface area contributed by atoms with Crippen LogP contribution in [0.3, 0.4) is 0 Å². The average molecular weight is 474 g/mol. The number of hydrogen-bond acceptors (Lipinski definition) is 5. The zero-order valence-corrected chi connectivity index (χ0v) is 19.5. The second kappa shape index (κ2) is 8.61. The van der Waals surface area contributed by atoms with E-state index < -0.39 is 10.0 Å². The minimum atomic E-state index is -3.80. The van der Waals surface area contributed by atoms with Gasteiger partial charge >= 0.3 is 0 Å². The number of amides is 2. The van der Waals surface area contributed by atoms with Gasteiger partial charge in [0.2, 0.25) is 15.9 Å². The fourth-order valence-corrected chi connectivity index (χ4v) is 7.32. The summed E-state index contributed by atoms with van der Waals surface area (Å²) in [4.78, 5) is 27.8. The predicted octanol–water partition coefficient (Wildman–Crippen LogP) is 2.63. The minimum Gasteiger partial charge on any atom is -0.353 e. The third-order valence-corrected chi connectivity index (χ3v) is 9.46. The van der Waals surface area contributed by atoms with E-state index in [4.69, 9.17) is 0 Å². The van der Waals surface area contributed by atoms with Gasteiger partial charge in [0.15, 0.2) is 0 Å². The number of benzene rings is 1.